The SMILES string of the molecule is CN1[CH]NCC1C(F)(F)F. The Morgan fingerprint density at radius 1 is 1.60 bits per heavy atom. The first-order valence-corrected chi connectivity index (χ1v) is 2.87. The zero-order valence-electron chi connectivity index (χ0n) is 5.44. The molecule has 1 radical (unpaired) electrons. The number of nitrogens with zero attached hydrogens (tertiary/aromatic N) is 1. The molecule has 0 bridgehead atoms. The van der Waals surface area contributed by atoms with E-state index < -0.39 is 12.2 Å². The van der Waals surface area contributed by atoms with Crippen LogP contribution >= 0.6 is 0 Å². The first-order chi connectivity index (χ1) is 4.52. The summed E-state index contributed by atoms with van der Waals surface area (Å²) < 4.78 is 35.7. The Hall–Kier alpha value is -0.290. The van der Waals surface area contributed by atoms with E-state index in [9.17, 15) is 13.2 Å². The van der Waals surface area contributed by atoms with Crippen molar-refractivity contribution in [3.8, 4) is 0 Å². The van der Waals surface area contributed by atoms with Crippen molar-refractivity contribution in [2.45, 2.75) is 12.2 Å². The number of nitrogens with one attached hydrogen (secondary N) is 1. The number of likely N-dealkylation sites (N-methyl/N-ethyl adjacent to an activating group) is 1. The highest BCUT2D eigenvalue weighted by Crippen LogP contribution is 2.26. The van der Waals surface area contributed by atoms with E-state index in [1.165, 1.54) is 13.7 Å². The molecule has 1 aliphatic rings. The largest absolute Gasteiger partial charge is 0.405 e. The van der Waals surface area contributed by atoms with Crippen LogP contribution in [0, 0.1) is 6.67 Å². The molecule has 1 fully saturated rings. The van der Waals surface area contributed by atoms with E-state index in [2.05, 4.69) is 5.32 Å². The normalized spacial score (nSPS) is 29.4. The van der Waals surface area contributed by atoms with E-state index in [-0.39, 0.29) is 6.54 Å². The van der Waals surface area contributed by atoms with E-state index in [1.54, 1.807) is 0 Å². The van der Waals surface area contributed by atoms with Crippen molar-refractivity contribution >= 4 is 0 Å². The Labute approximate surface area is 57.0 Å². The van der Waals surface area contributed by atoms with Gasteiger partial charge in [-0.25, -0.2) is 0 Å². The predicted molar refractivity (Wildman–Crippen MR) is 29.9 cm³/mol. The fourth-order valence-electron chi connectivity index (χ4n) is 0.889. The van der Waals surface area contributed by atoms with Gasteiger partial charge in [-0.1, -0.05) is 0 Å². The van der Waals surface area contributed by atoms with Crippen molar-refractivity contribution in [3.63, 3.8) is 0 Å². The number of hydrogen-bond acceptors (Lipinski definition) is 2. The van der Waals surface area contributed by atoms with Gasteiger partial charge in [0.2, 0.25) is 0 Å². The van der Waals surface area contributed by atoms with Gasteiger partial charge in [0.25, 0.3) is 0 Å². The van der Waals surface area contributed by atoms with Crippen molar-refractivity contribution in [2.24, 2.45) is 0 Å². The van der Waals surface area contributed by atoms with Crippen LogP contribution in [-0.2, 0) is 0 Å². The van der Waals surface area contributed by atoms with Gasteiger partial charge >= 0.3 is 6.18 Å². The third kappa shape index (κ3) is 1.41. The van der Waals surface area contributed by atoms with E-state index in [0.29, 0.717) is 0 Å². The minimum Gasteiger partial charge on any atom is -0.297 e. The van der Waals surface area contributed by atoms with Gasteiger partial charge < -0.3 is 0 Å². The summed E-state index contributed by atoms with van der Waals surface area (Å²) in [6, 6.07) is -1.35. The molecular formula is C5H8F3N2. The quantitative estimate of drug-likeness (QED) is 0.547. The molecule has 0 amide bonds. The Kier molecular flexibility index (Phi) is 1.87. The summed E-state index contributed by atoms with van der Waals surface area (Å²) in [5.41, 5.74) is 0. The molecule has 1 saturated heterocycles. The summed E-state index contributed by atoms with van der Waals surface area (Å²) in [5.74, 6) is 0. The molecule has 1 aliphatic heterocycles. The van der Waals surface area contributed by atoms with E-state index >= 15 is 0 Å². The van der Waals surface area contributed by atoms with Crippen molar-refractivity contribution < 1.29 is 13.2 Å². The fourth-order valence-corrected chi connectivity index (χ4v) is 0.889. The first-order valence-electron chi connectivity index (χ1n) is 2.87. The van der Waals surface area contributed by atoms with Crippen LogP contribution in [0.1, 0.15) is 0 Å². The van der Waals surface area contributed by atoms with Gasteiger partial charge in [-0.15, -0.1) is 0 Å². The molecule has 0 saturated carbocycles. The lowest BCUT2D eigenvalue weighted by Gasteiger charge is -2.20. The second kappa shape index (κ2) is 2.39. The van der Waals surface area contributed by atoms with Crippen LogP contribution in [0.5, 0.6) is 0 Å². The molecule has 1 rings (SSSR count). The number of halogens is 3. The van der Waals surface area contributed by atoms with Crippen molar-refractivity contribution in [1.82, 2.24) is 10.2 Å². The minimum absolute atomic E-state index is 0.0417. The molecule has 1 atom stereocenters. The van der Waals surface area contributed by atoms with Crippen LogP contribution in [-0.4, -0.2) is 30.7 Å². The predicted octanol–water partition coefficient (Wildman–Crippen LogP) is 0.572. The van der Waals surface area contributed by atoms with Gasteiger partial charge in [0.15, 0.2) is 0 Å². The molecule has 0 aliphatic carbocycles. The zero-order chi connectivity index (χ0) is 7.78. The van der Waals surface area contributed by atoms with Crippen LogP contribution in [0.3, 0.4) is 0 Å². The second-order valence-corrected chi connectivity index (χ2v) is 2.26. The molecule has 0 aromatic heterocycles. The van der Waals surface area contributed by atoms with Gasteiger partial charge in [0.1, 0.15) is 6.04 Å². The smallest absolute Gasteiger partial charge is 0.297 e. The van der Waals surface area contributed by atoms with Gasteiger partial charge in [-0.3, -0.25) is 10.2 Å². The lowest BCUT2D eigenvalue weighted by Crippen LogP contribution is -2.39. The fraction of sp³-hybridized carbons (Fsp3) is 0.800. The molecule has 59 valence electrons. The molecule has 1 N–H and O–H groups in total. The molecule has 10 heavy (non-hydrogen) atoms. The van der Waals surface area contributed by atoms with Gasteiger partial charge in [-0.2, -0.15) is 13.2 Å². The lowest BCUT2D eigenvalue weighted by atomic mass is 10.3. The Morgan fingerprint density at radius 3 is 2.40 bits per heavy atom. The second-order valence-electron chi connectivity index (χ2n) is 2.26. The van der Waals surface area contributed by atoms with Gasteiger partial charge in [0, 0.05) is 6.54 Å². The molecular weight excluding hydrogens is 145 g/mol. The average molecular weight is 153 g/mol. The molecule has 0 spiro atoms. The van der Waals surface area contributed by atoms with Gasteiger partial charge in [-0.05, 0) is 7.05 Å². The maximum absolute atomic E-state index is 11.9. The lowest BCUT2D eigenvalue weighted by molar-refractivity contribution is -0.167. The summed E-state index contributed by atoms with van der Waals surface area (Å²) in [4.78, 5) is 1.12. The topological polar surface area (TPSA) is 15.3 Å². The summed E-state index contributed by atoms with van der Waals surface area (Å²) in [6.07, 6.45) is -4.12. The summed E-state index contributed by atoms with van der Waals surface area (Å²) in [5, 5.41) is 2.51. The van der Waals surface area contributed by atoms with E-state index in [4.69, 9.17) is 0 Å². The maximum Gasteiger partial charge on any atom is 0.405 e. The van der Waals surface area contributed by atoms with Crippen LogP contribution in [0.25, 0.3) is 0 Å². The van der Waals surface area contributed by atoms with Crippen molar-refractivity contribution in [1.29, 1.82) is 0 Å². The summed E-state index contributed by atoms with van der Waals surface area (Å²) in [6.45, 7) is 1.29. The Morgan fingerprint density at radius 2 is 2.20 bits per heavy atom. The minimum atomic E-state index is -4.12. The Bertz CT molecular complexity index is 123. The average Bonchev–Trinajstić information content (AvgIpc) is 2.11. The van der Waals surface area contributed by atoms with Crippen LogP contribution < -0.4 is 5.32 Å². The van der Waals surface area contributed by atoms with E-state index in [1.807, 2.05) is 0 Å². The third-order valence-electron chi connectivity index (χ3n) is 1.48. The van der Waals surface area contributed by atoms with Crippen molar-refractivity contribution in [2.75, 3.05) is 13.6 Å². The van der Waals surface area contributed by atoms with Crippen LogP contribution in [0.4, 0.5) is 13.2 Å². The molecule has 5 heteroatoms. The van der Waals surface area contributed by atoms with Crippen LogP contribution in [0.2, 0.25) is 0 Å². The molecule has 2 nitrogen and oxygen atoms in total. The molecule has 1 unspecified atom stereocenters. The summed E-state index contributed by atoms with van der Waals surface area (Å²) in [7, 11) is 1.40. The van der Waals surface area contributed by atoms with Crippen molar-refractivity contribution in [3.05, 3.63) is 6.67 Å². The van der Waals surface area contributed by atoms with Crippen LogP contribution in [0.15, 0.2) is 0 Å². The highest BCUT2D eigenvalue weighted by molar-refractivity contribution is 4.88. The highest BCUT2D eigenvalue weighted by atomic mass is 19.4. The molecule has 1 heterocycles. The van der Waals surface area contributed by atoms with E-state index in [0.717, 1.165) is 4.90 Å². The first kappa shape index (κ1) is 7.81. The number of rotatable bonds is 0. The highest BCUT2D eigenvalue weighted by Gasteiger charge is 2.44. The Balaban J connectivity index is 2.55. The van der Waals surface area contributed by atoms with Gasteiger partial charge in [0.05, 0.1) is 6.67 Å². The monoisotopic (exact) mass is 153 g/mol. The summed E-state index contributed by atoms with van der Waals surface area (Å²) >= 11 is 0. The standard InChI is InChI=1S/C5H8F3N2/c1-10-3-9-2-4(10)5(6,7)8/h3-4,9H,2H2,1H3. The third-order valence-corrected chi connectivity index (χ3v) is 1.48. The molecule has 0 aromatic rings. The molecule has 0 aromatic carbocycles. The zero-order valence-corrected chi connectivity index (χ0v) is 5.44. The number of alkyl halides is 3. The number of hydrogen-bond donors (Lipinski definition) is 1. The maximum atomic E-state index is 11.9.